The predicted molar refractivity (Wildman–Crippen MR) is 134 cm³/mol. The average molecular weight is 445 g/mol. The lowest BCUT2D eigenvalue weighted by Gasteiger charge is -2.24. The SMILES string of the molecule is C=C(C(CNC)=NC)C(C)C.CC(C)C.O=Cc1cccc2oc(N3CCOCC3)nc12. The molecule has 178 valence electrons. The summed E-state index contributed by atoms with van der Waals surface area (Å²) in [7, 11) is 3.72. The maximum Gasteiger partial charge on any atom is 0.298 e. The van der Waals surface area contributed by atoms with Gasteiger partial charge < -0.3 is 19.4 Å². The van der Waals surface area contributed by atoms with Gasteiger partial charge in [-0.3, -0.25) is 9.79 Å². The molecule has 0 radical (unpaired) electrons. The van der Waals surface area contributed by atoms with E-state index in [4.69, 9.17) is 9.15 Å². The van der Waals surface area contributed by atoms with E-state index in [1.807, 2.05) is 18.0 Å². The van der Waals surface area contributed by atoms with E-state index in [0.717, 1.165) is 43.1 Å². The van der Waals surface area contributed by atoms with E-state index in [1.165, 1.54) is 0 Å². The number of aldehydes is 1. The number of oxazole rings is 1. The Kier molecular flexibility index (Phi) is 12.5. The molecule has 2 aromatic rings. The first-order chi connectivity index (χ1) is 15.2. The number of ether oxygens (including phenoxy) is 1. The summed E-state index contributed by atoms with van der Waals surface area (Å²) < 4.78 is 10.9. The van der Waals surface area contributed by atoms with E-state index in [-0.39, 0.29) is 0 Å². The van der Waals surface area contributed by atoms with E-state index in [0.29, 0.717) is 41.8 Å². The zero-order valence-electron chi connectivity index (χ0n) is 20.8. The van der Waals surface area contributed by atoms with Crippen LogP contribution in [0, 0.1) is 11.8 Å². The normalized spacial score (nSPS) is 14.0. The Morgan fingerprint density at radius 2 is 1.88 bits per heavy atom. The number of carbonyl (C=O) groups excluding carboxylic acids is 1. The molecule has 1 aliphatic heterocycles. The highest BCUT2D eigenvalue weighted by Crippen LogP contribution is 2.24. The monoisotopic (exact) mass is 444 g/mol. The summed E-state index contributed by atoms with van der Waals surface area (Å²) in [6.45, 7) is 18.4. The highest BCUT2D eigenvalue weighted by Gasteiger charge is 2.18. The molecule has 1 aromatic heterocycles. The van der Waals surface area contributed by atoms with Crippen LogP contribution in [0.1, 0.15) is 45.0 Å². The number of anilines is 1. The molecule has 2 heterocycles. The van der Waals surface area contributed by atoms with Crippen LogP contribution < -0.4 is 10.2 Å². The Morgan fingerprint density at radius 1 is 1.25 bits per heavy atom. The molecule has 0 spiro atoms. The molecule has 7 nitrogen and oxygen atoms in total. The van der Waals surface area contributed by atoms with Crippen LogP contribution >= 0.6 is 0 Å². The van der Waals surface area contributed by atoms with Gasteiger partial charge in [-0.2, -0.15) is 4.98 Å². The van der Waals surface area contributed by atoms with Crippen molar-refractivity contribution in [3.05, 3.63) is 35.9 Å². The molecule has 0 amide bonds. The first-order valence-electron chi connectivity index (χ1n) is 11.2. The Hall–Kier alpha value is -2.51. The topological polar surface area (TPSA) is 80.0 Å². The van der Waals surface area contributed by atoms with Gasteiger partial charge in [0.15, 0.2) is 11.9 Å². The molecule has 1 fully saturated rings. The maximum absolute atomic E-state index is 10.9. The van der Waals surface area contributed by atoms with Crippen LogP contribution in [-0.2, 0) is 4.74 Å². The van der Waals surface area contributed by atoms with Crippen molar-refractivity contribution in [3.63, 3.8) is 0 Å². The minimum atomic E-state index is 0.488. The third-order valence-corrected chi connectivity index (χ3v) is 4.53. The number of carbonyl (C=O) groups is 1. The third kappa shape index (κ3) is 8.93. The van der Waals surface area contributed by atoms with Crippen molar-refractivity contribution in [2.45, 2.75) is 34.6 Å². The molecule has 0 aliphatic carbocycles. The molecule has 1 N–H and O–H groups in total. The second-order valence-electron chi connectivity index (χ2n) is 8.52. The van der Waals surface area contributed by atoms with Gasteiger partial charge in [0.25, 0.3) is 6.01 Å². The summed E-state index contributed by atoms with van der Waals surface area (Å²) in [4.78, 5) is 21.4. The number of hydrogen-bond acceptors (Lipinski definition) is 7. The molecule has 0 unspecified atom stereocenters. The predicted octanol–water partition coefficient (Wildman–Crippen LogP) is 4.63. The van der Waals surface area contributed by atoms with Gasteiger partial charge in [0.2, 0.25) is 0 Å². The number of para-hydroxylation sites is 1. The number of nitrogens with one attached hydrogen (secondary N) is 1. The zero-order chi connectivity index (χ0) is 24.1. The van der Waals surface area contributed by atoms with Crippen molar-refractivity contribution in [3.8, 4) is 0 Å². The molecule has 1 saturated heterocycles. The van der Waals surface area contributed by atoms with E-state index in [1.54, 1.807) is 19.2 Å². The number of hydrogen-bond donors (Lipinski definition) is 1. The second kappa shape index (κ2) is 14.5. The number of morpholine rings is 1. The Morgan fingerprint density at radius 3 is 2.38 bits per heavy atom. The lowest BCUT2D eigenvalue weighted by Crippen LogP contribution is -2.36. The van der Waals surface area contributed by atoms with Gasteiger partial charge in [0, 0.05) is 32.2 Å². The molecule has 3 rings (SSSR count). The summed E-state index contributed by atoms with van der Waals surface area (Å²) in [5.74, 6) is 1.32. The van der Waals surface area contributed by atoms with Gasteiger partial charge >= 0.3 is 0 Å². The second-order valence-corrected chi connectivity index (χ2v) is 8.52. The van der Waals surface area contributed by atoms with Crippen LogP contribution in [-0.4, -0.2) is 63.9 Å². The average Bonchev–Trinajstić information content (AvgIpc) is 3.22. The summed E-state index contributed by atoms with van der Waals surface area (Å²) in [6, 6.07) is 5.92. The van der Waals surface area contributed by atoms with E-state index in [9.17, 15) is 4.79 Å². The highest BCUT2D eigenvalue weighted by molar-refractivity contribution is 6.01. The highest BCUT2D eigenvalue weighted by atomic mass is 16.5. The van der Waals surface area contributed by atoms with Crippen molar-refractivity contribution >= 4 is 29.1 Å². The summed E-state index contributed by atoms with van der Waals surface area (Å²) in [5, 5.41) is 3.06. The van der Waals surface area contributed by atoms with Crippen LogP contribution in [0.2, 0.25) is 0 Å². The van der Waals surface area contributed by atoms with Gasteiger partial charge in [-0.1, -0.05) is 47.3 Å². The lowest BCUT2D eigenvalue weighted by molar-refractivity contribution is 0.112. The van der Waals surface area contributed by atoms with Gasteiger partial charge in [0.05, 0.1) is 18.9 Å². The smallest absolute Gasteiger partial charge is 0.298 e. The first kappa shape index (κ1) is 27.5. The molecular weight excluding hydrogens is 404 g/mol. The van der Waals surface area contributed by atoms with Crippen LogP contribution in [0.4, 0.5) is 6.01 Å². The number of fused-ring (bicyclic) bond motifs is 1. The largest absolute Gasteiger partial charge is 0.423 e. The van der Waals surface area contributed by atoms with Crippen LogP contribution in [0.25, 0.3) is 11.1 Å². The van der Waals surface area contributed by atoms with Crippen molar-refractivity contribution in [1.82, 2.24) is 10.3 Å². The van der Waals surface area contributed by atoms with Gasteiger partial charge in [-0.25, -0.2) is 0 Å². The fourth-order valence-corrected chi connectivity index (χ4v) is 2.78. The molecule has 1 aromatic carbocycles. The number of rotatable bonds is 6. The van der Waals surface area contributed by atoms with E-state index in [2.05, 4.69) is 56.5 Å². The Bertz CT molecular complexity index is 862. The minimum Gasteiger partial charge on any atom is -0.423 e. The summed E-state index contributed by atoms with van der Waals surface area (Å²) >= 11 is 0. The Labute approximate surface area is 192 Å². The number of aliphatic imine (C=N–C) groups is 1. The number of nitrogens with zero attached hydrogens (tertiary/aromatic N) is 3. The fraction of sp³-hybridized carbons (Fsp3) is 0.560. The molecule has 0 bridgehead atoms. The molecule has 0 atom stereocenters. The molecule has 0 saturated carbocycles. The number of aromatic nitrogens is 1. The van der Waals surface area contributed by atoms with Crippen molar-refractivity contribution in [1.29, 1.82) is 0 Å². The van der Waals surface area contributed by atoms with Crippen molar-refractivity contribution in [2.24, 2.45) is 16.8 Å². The minimum absolute atomic E-state index is 0.488. The standard InChI is InChI=1S/C12H12N2O3.C9H18N2.C4H10/c15-8-9-2-1-3-10-11(9)13-12(17-10)14-4-6-16-7-5-14;1-7(2)8(3)9(11-5)6-10-4;1-4(2)3/h1-3,8H,4-7H2;7,10H,3,6H2,1-2,4-5H3;4H,1-3H3. The molecular formula is C25H40N4O3. The van der Waals surface area contributed by atoms with Gasteiger partial charge in [-0.15, -0.1) is 0 Å². The Balaban J connectivity index is 0.000000296. The van der Waals surface area contributed by atoms with Crippen LogP contribution in [0.15, 0.2) is 39.8 Å². The van der Waals surface area contributed by atoms with E-state index >= 15 is 0 Å². The maximum atomic E-state index is 10.9. The first-order valence-corrected chi connectivity index (χ1v) is 11.2. The fourth-order valence-electron chi connectivity index (χ4n) is 2.78. The molecule has 7 heteroatoms. The van der Waals surface area contributed by atoms with Gasteiger partial charge in [-0.05, 0) is 36.6 Å². The summed E-state index contributed by atoms with van der Waals surface area (Å²) in [5.41, 5.74) is 4.04. The number of benzene rings is 1. The van der Waals surface area contributed by atoms with Crippen molar-refractivity contribution < 1.29 is 13.9 Å². The van der Waals surface area contributed by atoms with Gasteiger partial charge in [0.1, 0.15) is 5.52 Å². The van der Waals surface area contributed by atoms with Crippen LogP contribution in [0.3, 0.4) is 0 Å². The quantitative estimate of drug-likeness (QED) is 0.517. The molecule has 1 aliphatic rings. The van der Waals surface area contributed by atoms with Crippen LogP contribution in [0.5, 0.6) is 0 Å². The van der Waals surface area contributed by atoms with Crippen molar-refractivity contribution in [2.75, 3.05) is 51.8 Å². The summed E-state index contributed by atoms with van der Waals surface area (Å²) in [6.07, 6.45) is 0.800. The third-order valence-electron chi connectivity index (χ3n) is 4.53. The molecule has 32 heavy (non-hydrogen) atoms. The zero-order valence-corrected chi connectivity index (χ0v) is 20.8. The van der Waals surface area contributed by atoms with E-state index < -0.39 is 0 Å². The lowest BCUT2D eigenvalue weighted by atomic mass is 10.0.